The van der Waals surface area contributed by atoms with Gasteiger partial charge in [0.2, 0.25) is 5.91 Å². The van der Waals surface area contributed by atoms with E-state index in [-0.39, 0.29) is 11.3 Å². The summed E-state index contributed by atoms with van der Waals surface area (Å²) in [5.74, 6) is 0.958. The molecule has 0 N–H and O–H groups in total. The average molecular weight is 309 g/mol. The summed E-state index contributed by atoms with van der Waals surface area (Å²) in [6.07, 6.45) is 6.59. The maximum absolute atomic E-state index is 12.4. The van der Waals surface area contributed by atoms with E-state index in [1.54, 1.807) is 18.5 Å². The van der Waals surface area contributed by atoms with E-state index >= 15 is 0 Å². The van der Waals surface area contributed by atoms with Crippen molar-refractivity contribution in [2.75, 3.05) is 13.1 Å². The van der Waals surface area contributed by atoms with E-state index in [0.717, 1.165) is 31.8 Å². The first kappa shape index (κ1) is 15.7. The normalized spacial score (nSPS) is 17.0. The number of benzene rings is 1. The fourth-order valence-electron chi connectivity index (χ4n) is 3.21. The maximum atomic E-state index is 12.4. The van der Waals surface area contributed by atoms with Crippen LogP contribution in [0.5, 0.6) is 0 Å². The average Bonchev–Trinajstić information content (AvgIpc) is 2.62. The van der Waals surface area contributed by atoms with Crippen molar-refractivity contribution >= 4 is 5.91 Å². The number of rotatable bonds is 4. The van der Waals surface area contributed by atoms with Crippen LogP contribution in [0.15, 0.2) is 48.8 Å². The van der Waals surface area contributed by atoms with Gasteiger partial charge in [0.15, 0.2) is 0 Å². The highest BCUT2D eigenvalue weighted by Crippen LogP contribution is 2.34. The summed E-state index contributed by atoms with van der Waals surface area (Å²) in [4.78, 5) is 22.7. The van der Waals surface area contributed by atoms with Gasteiger partial charge in [-0.3, -0.25) is 4.79 Å². The van der Waals surface area contributed by atoms with Crippen molar-refractivity contribution in [2.24, 2.45) is 0 Å². The molecule has 1 amide bonds. The van der Waals surface area contributed by atoms with Gasteiger partial charge in [0, 0.05) is 38.3 Å². The molecule has 0 unspecified atom stereocenters. The minimum atomic E-state index is 0.181. The van der Waals surface area contributed by atoms with Gasteiger partial charge in [-0.25, -0.2) is 9.97 Å². The van der Waals surface area contributed by atoms with Crippen LogP contribution in [0.4, 0.5) is 0 Å². The summed E-state index contributed by atoms with van der Waals surface area (Å²) in [7, 11) is 0. The largest absolute Gasteiger partial charge is 0.343 e. The molecule has 0 saturated carbocycles. The number of aromatic nitrogens is 2. The van der Waals surface area contributed by atoms with Crippen LogP contribution in [0, 0.1) is 0 Å². The lowest BCUT2D eigenvalue weighted by molar-refractivity contribution is -0.132. The first-order valence-electron chi connectivity index (χ1n) is 8.27. The molecule has 0 atom stereocenters. The van der Waals surface area contributed by atoms with Gasteiger partial charge in [0.05, 0.1) is 0 Å². The SMILES string of the molecule is CC1(c2ccccc2)CCN(C(=O)CCc2ncccn2)CC1. The van der Waals surface area contributed by atoms with E-state index in [1.165, 1.54) is 5.56 Å². The van der Waals surface area contributed by atoms with Crippen LogP contribution in [0.25, 0.3) is 0 Å². The molecule has 0 radical (unpaired) electrons. The quantitative estimate of drug-likeness (QED) is 0.872. The Bertz CT molecular complexity index is 634. The van der Waals surface area contributed by atoms with Crippen LogP contribution in [0.1, 0.15) is 37.6 Å². The molecule has 23 heavy (non-hydrogen) atoms. The second-order valence-corrected chi connectivity index (χ2v) is 6.47. The Morgan fingerprint density at radius 3 is 2.39 bits per heavy atom. The fraction of sp³-hybridized carbons (Fsp3) is 0.421. The van der Waals surface area contributed by atoms with Gasteiger partial charge in [-0.15, -0.1) is 0 Å². The summed E-state index contributed by atoms with van der Waals surface area (Å²) in [5.41, 5.74) is 1.56. The third-order valence-corrected chi connectivity index (χ3v) is 4.87. The molecule has 0 bridgehead atoms. The zero-order valence-corrected chi connectivity index (χ0v) is 13.6. The summed E-state index contributed by atoms with van der Waals surface area (Å²) >= 11 is 0. The van der Waals surface area contributed by atoms with Gasteiger partial charge in [-0.2, -0.15) is 0 Å². The van der Waals surface area contributed by atoms with E-state index in [0.29, 0.717) is 12.8 Å². The third-order valence-electron chi connectivity index (χ3n) is 4.87. The number of piperidine rings is 1. The summed E-state index contributed by atoms with van der Waals surface area (Å²) < 4.78 is 0. The Morgan fingerprint density at radius 1 is 1.09 bits per heavy atom. The molecule has 2 heterocycles. The Balaban J connectivity index is 1.53. The van der Waals surface area contributed by atoms with E-state index in [4.69, 9.17) is 0 Å². The van der Waals surface area contributed by atoms with E-state index < -0.39 is 0 Å². The van der Waals surface area contributed by atoms with Gasteiger partial charge in [0.25, 0.3) is 0 Å². The molecule has 1 fully saturated rings. The zero-order valence-electron chi connectivity index (χ0n) is 13.6. The second-order valence-electron chi connectivity index (χ2n) is 6.47. The summed E-state index contributed by atoms with van der Waals surface area (Å²) in [6.45, 7) is 3.97. The number of amides is 1. The number of aryl methyl sites for hydroxylation is 1. The number of carbonyl (C=O) groups is 1. The smallest absolute Gasteiger partial charge is 0.223 e. The predicted octanol–water partition coefficient (Wildman–Crippen LogP) is 2.99. The lowest BCUT2D eigenvalue weighted by atomic mass is 9.74. The number of likely N-dealkylation sites (tertiary alicyclic amines) is 1. The molecule has 0 aliphatic carbocycles. The lowest BCUT2D eigenvalue weighted by Gasteiger charge is -2.40. The van der Waals surface area contributed by atoms with E-state index in [2.05, 4.69) is 47.2 Å². The van der Waals surface area contributed by atoms with Gasteiger partial charge in [-0.1, -0.05) is 37.3 Å². The third kappa shape index (κ3) is 3.76. The Kier molecular flexibility index (Phi) is 4.70. The van der Waals surface area contributed by atoms with Gasteiger partial charge in [-0.05, 0) is 29.9 Å². The predicted molar refractivity (Wildman–Crippen MR) is 90.0 cm³/mol. The van der Waals surface area contributed by atoms with Crippen molar-refractivity contribution in [1.29, 1.82) is 0 Å². The molecule has 120 valence electrons. The van der Waals surface area contributed by atoms with Crippen LogP contribution in [-0.4, -0.2) is 33.9 Å². The van der Waals surface area contributed by atoms with Crippen molar-refractivity contribution < 1.29 is 4.79 Å². The van der Waals surface area contributed by atoms with Crippen LogP contribution in [-0.2, 0) is 16.6 Å². The minimum Gasteiger partial charge on any atom is -0.343 e. The van der Waals surface area contributed by atoms with Crippen molar-refractivity contribution in [3.05, 3.63) is 60.2 Å². The van der Waals surface area contributed by atoms with Crippen molar-refractivity contribution in [1.82, 2.24) is 14.9 Å². The van der Waals surface area contributed by atoms with Gasteiger partial charge >= 0.3 is 0 Å². The molecule has 1 aromatic carbocycles. The second kappa shape index (κ2) is 6.90. The Morgan fingerprint density at radius 2 is 1.74 bits per heavy atom. The Hall–Kier alpha value is -2.23. The summed E-state index contributed by atoms with van der Waals surface area (Å²) in [5, 5.41) is 0. The summed E-state index contributed by atoms with van der Waals surface area (Å²) in [6, 6.07) is 12.4. The lowest BCUT2D eigenvalue weighted by Crippen LogP contribution is -2.44. The van der Waals surface area contributed by atoms with E-state index in [1.807, 2.05) is 4.90 Å². The molecule has 4 nitrogen and oxygen atoms in total. The van der Waals surface area contributed by atoms with Crippen LogP contribution >= 0.6 is 0 Å². The van der Waals surface area contributed by atoms with Crippen LogP contribution in [0.3, 0.4) is 0 Å². The Labute approximate surface area is 137 Å². The fourth-order valence-corrected chi connectivity index (χ4v) is 3.21. The monoisotopic (exact) mass is 309 g/mol. The van der Waals surface area contributed by atoms with Crippen LogP contribution < -0.4 is 0 Å². The minimum absolute atomic E-state index is 0.181. The highest BCUT2D eigenvalue weighted by Gasteiger charge is 2.32. The molecular weight excluding hydrogens is 286 g/mol. The standard InChI is InChI=1S/C19H23N3O/c1-19(16-6-3-2-4-7-16)10-14-22(15-11-19)18(23)9-8-17-20-12-5-13-21-17/h2-7,12-13H,8-11,14-15H2,1H3. The van der Waals surface area contributed by atoms with Gasteiger partial charge in [0.1, 0.15) is 5.82 Å². The number of nitrogens with zero attached hydrogens (tertiary/aromatic N) is 3. The molecule has 1 saturated heterocycles. The number of carbonyl (C=O) groups excluding carboxylic acids is 1. The van der Waals surface area contributed by atoms with Crippen molar-refractivity contribution in [3.8, 4) is 0 Å². The molecule has 0 spiro atoms. The first-order valence-corrected chi connectivity index (χ1v) is 8.27. The highest BCUT2D eigenvalue weighted by atomic mass is 16.2. The molecule has 3 rings (SSSR count). The molecule has 1 aromatic heterocycles. The zero-order chi connectivity index (χ0) is 16.1. The van der Waals surface area contributed by atoms with Crippen molar-refractivity contribution in [2.45, 2.75) is 38.0 Å². The molecular formula is C19H23N3O. The molecule has 1 aliphatic rings. The molecule has 1 aliphatic heterocycles. The van der Waals surface area contributed by atoms with E-state index in [9.17, 15) is 4.79 Å². The molecule has 2 aromatic rings. The van der Waals surface area contributed by atoms with Gasteiger partial charge < -0.3 is 4.90 Å². The number of hydrogen-bond acceptors (Lipinski definition) is 3. The maximum Gasteiger partial charge on any atom is 0.223 e. The van der Waals surface area contributed by atoms with Crippen molar-refractivity contribution in [3.63, 3.8) is 0 Å². The number of hydrogen-bond donors (Lipinski definition) is 0. The highest BCUT2D eigenvalue weighted by molar-refractivity contribution is 5.76. The molecule has 4 heteroatoms. The topological polar surface area (TPSA) is 46.1 Å². The van der Waals surface area contributed by atoms with Crippen LogP contribution in [0.2, 0.25) is 0 Å². The first-order chi connectivity index (χ1) is 11.2.